The van der Waals surface area contributed by atoms with E-state index in [1.54, 1.807) is 12.1 Å². The van der Waals surface area contributed by atoms with Gasteiger partial charge in [0.05, 0.1) is 24.5 Å². The first-order valence-corrected chi connectivity index (χ1v) is 11.5. The number of benzene rings is 1. The number of likely N-dealkylation sites (tertiary alicyclic amines) is 1. The Morgan fingerprint density at radius 3 is 2.66 bits per heavy atom. The van der Waals surface area contributed by atoms with Crippen LogP contribution in [-0.4, -0.2) is 77.6 Å². The number of carbonyl (C=O) groups excluding carboxylic acids is 2. The first kappa shape index (κ1) is 25.0. The van der Waals surface area contributed by atoms with Crippen molar-refractivity contribution in [3.63, 3.8) is 0 Å². The quantitative estimate of drug-likeness (QED) is 0.569. The number of likely N-dealkylation sites (N-methyl/N-ethyl adjacent to an activating group) is 1. The molecule has 0 radical (unpaired) electrons. The normalized spacial score (nSPS) is 30.1. The van der Waals surface area contributed by atoms with Crippen LogP contribution in [0.2, 0.25) is 0 Å². The van der Waals surface area contributed by atoms with E-state index in [0.717, 1.165) is 18.1 Å². The molecular weight excluding hydrogens is 458 g/mol. The molecule has 10 nitrogen and oxygen atoms in total. The van der Waals surface area contributed by atoms with Gasteiger partial charge in [-0.25, -0.2) is 4.79 Å². The van der Waals surface area contributed by atoms with Gasteiger partial charge in [-0.15, -0.1) is 0 Å². The average molecular weight is 490 g/mol. The van der Waals surface area contributed by atoms with Gasteiger partial charge in [-0.05, 0) is 51.6 Å². The number of ether oxygens (including phenoxy) is 4. The molecule has 0 aromatic heterocycles. The topological polar surface area (TPSA) is 132 Å². The number of methoxy groups -OCH3 is 1. The van der Waals surface area contributed by atoms with Gasteiger partial charge in [0.25, 0.3) is 0 Å². The van der Waals surface area contributed by atoms with Crippen molar-refractivity contribution in [1.82, 2.24) is 4.90 Å². The maximum Gasteiger partial charge on any atom is 0.345 e. The Balaban J connectivity index is 1.75. The summed E-state index contributed by atoms with van der Waals surface area (Å²) in [7, 11) is 3.50. The van der Waals surface area contributed by atoms with Crippen molar-refractivity contribution in [3.05, 3.63) is 35.1 Å². The van der Waals surface area contributed by atoms with Crippen LogP contribution in [0.15, 0.2) is 24.0 Å². The van der Waals surface area contributed by atoms with Crippen LogP contribution in [0.25, 0.3) is 0 Å². The van der Waals surface area contributed by atoms with Crippen molar-refractivity contribution in [2.75, 3.05) is 20.7 Å². The van der Waals surface area contributed by atoms with Crippen LogP contribution in [0, 0.1) is 6.92 Å². The zero-order chi connectivity index (χ0) is 25.7. The zero-order valence-electron chi connectivity index (χ0n) is 20.5. The Morgan fingerprint density at radius 1 is 1.31 bits per heavy atom. The van der Waals surface area contributed by atoms with Crippen molar-refractivity contribution >= 4 is 17.9 Å². The molecule has 0 bridgehead atoms. The van der Waals surface area contributed by atoms with E-state index >= 15 is 0 Å². The van der Waals surface area contributed by atoms with Crippen LogP contribution in [0.3, 0.4) is 0 Å². The molecule has 10 heteroatoms. The third kappa shape index (κ3) is 3.75. The maximum absolute atomic E-state index is 12.7. The molecule has 0 unspecified atom stereocenters. The van der Waals surface area contributed by atoms with Gasteiger partial charge < -0.3 is 34.1 Å². The summed E-state index contributed by atoms with van der Waals surface area (Å²) < 4.78 is 22.3. The summed E-state index contributed by atoms with van der Waals surface area (Å²) in [5.41, 5.74) is -0.398. The molecule has 35 heavy (non-hydrogen) atoms. The fourth-order valence-electron chi connectivity index (χ4n) is 5.86. The summed E-state index contributed by atoms with van der Waals surface area (Å²) in [5, 5.41) is 21.5. The summed E-state index contributed by atoms with van der Waals surface area (Å²) in [6.45, 7) is 5.65. The summed E-state index contributed by atoms with van der Waals surface area (Å²) in [6.07, 6.45) is -0.790. The highest BCUT2D eigenvalue weighted by molar-refractivity contribution is 5.83. The van der Waals surface area contributed by atoms with Gasteiger partial charge >= 0.3 is 17.9 Å². The van der Waals surface area contributed by atoms with E-state index < -0.39 is 47.6 Å². The van der Waals surface area contributed by atoms with E-state index in [2.05, 4.69) is 4.90 Å². The van der Waals surface area contributed by atoms with Crippen molar-refractivity contribution in [2.24, 2.45) is 0 Å². The largest absolute Gasteiger partial charge is 0.493 e. The van der Waals surface area contributed by atoms with E-state index in [1.807, 2.05) is 27.0 Å². The number of nitrogens with zero attached hydrogens (tertiary/aromatic N) is 1. The first-order chi connectivity index (χ1) is 16.5. The third-order valence-corrected chi connectivity index (χ3v) is 7.70. The van der Waals surface area contributed by atoms with Crippen molar-refractivity contribution in [3.8, 4) is 11.5 Å². The van der Waals surface area contributed by atoms with Crippen molar-refractivity contribution < 1.29 is 43.5 Å². The lowest BCUT2D eigenvalue weighted by atomic mass is 9.54. The molecule has 1 aliphatic carbocycles. The standard InChI is InChI=1S/C25H31NO9/c1-13-6-7-16(32-5)21-20(13)24-10-11-26(4)14(2)25(24,31)9-8-17(22(24)35-21)34-19(28)12-18(23(29)30)33-15(3)27/h6-8,14,18,22,31H,9-12H2,1-5H3,(H,29,30)/t14-,18+,22+,24+,25-/m1/s1. The number of aliphatic hydroxyl groups is 1. The van der Waals surface area contributed by atoms with Crippen LogP contribution >= 0.6 is 0 Å². The van der Waals surface area contributed by atoms with E-state index in [1.165, 1.54) is 7.11 Å². The number of rotatable bonds is 6. The minimum Gasteiger partial charge on any atom is -0.493 e. The average Bonchev–Trinajstić information content (AvgIpc) is 3.15. The van der Waals surface area contributed by atoms with Gasteiger partial charge in [-0.1, -0.05) is 6.07 Å². The predicted octanol–water partition coefficient (Wildman–Crippen LogP) is 1.69. The van der Waals surface area contributed by atoms with E-state index in [0.29, 0.717) is 24.5 Å². The summed E-state index contributed by atoms with van der Waals surface area (Å²) in [6, 6.07) is 3.49. The number of carboxylic acid groups (broad SMARTS) is 1. The molecule has 1 spiro atoms. The number of piperidine rings is 1. The lowest BCUT2D eigenvalue weighted by Crippen LogP contribution is -2.71. The number of hydrogen-bond acceptors (Lipinski definition) is 9. The van der Waals surface area contributed by atoms with Crippen LogP contribution in [0.1, 0.15) is 44.2 Å². The van der Waals surface area contributed by atoms with Gasteiger partial charge in [-0.2, -0.15) is 0 Å². The maximum atomic E-state index is 12.7. The molecular formula is C25H31NO9. The molecule has 2 heterocycles. The second kappa shape index (κ2) is 8.83. The van der Waals surface area contributed by atoms with E-state index in [4.69, 9.17) is 18.9 Å². The van der Waals surface area contributed by atoms with Gasteiger partial charge in [0, 0.05) is 24.9 Å². The minimum atomic E-state index is -1.66. The Labute approximate surface area is 203 Å². The molecule has 0 amide bonds. The number of fused-ring (bicyclic) bond motifs is 1. The SMILES string of the molecule is COc1ccc(C)c2c1O[C@H]1C(OC(=O)C[C@H](OC(C)=O)C(=O)O)=CC[C@@]3(O)[C@@H](C)N(C)CC[C@]213. The highest BCUT2D eigenvalue weighted by atomic mass is 16.6. The zero-order valence-corrected chi connectivity index (χ0v) is 20.5. The first-order valence-electron chi connectivity index (χ1n) is 11.5. The van der Waals surface area contributed by atoms with Gasteiger partial charge in [0.2, 0.25) is 6.10 Å². The number of aliphatic carboxylic acids is 1. The molecule has 5 atom stereocenters. The molecule has 4 rings (SSSR count). The van der Waals surface area contributed by atoms with Crippen LogP contribution < -0.4 is 9.47 Å². The van der Waals surface area contributed by atoms with Crippen molar-refractivity contribution in [2.45, 2.75) is 69.3 Å². The lowest BCUT2D eigenvalue weighted by molar-refractivity contribution is -0.169. The van der Waals surface area contributed by atoms with Crippen LogP contribution in [0.5, 0.6) is 11.5 Å². The van der Waals surface area contributed by atoms with Gasteiger partial charge in [0.15, 0.2) is 17.6 Å². The van der Waals surface area contributed by atoms with Crippen molar-refractivity contribution in [1.29, 1.82) is 0 Å². The second-order valence-electron chi connectivity index (χ2n) is 9.51. The molecule has 1 saturated heterocycles. The fourth-order valence-corrected chi connectivity index (χ4v) is 5.86. The molecule has 0 saturated carbocycles. The smallest absolute Gasteiger partial charge is 0.345 e. The van der Waals surface area contributed by atoms with E-state index in [9.17, 15) is 24.6 Å². The summed E-state index contributed by atoms with van der Waals surface area (Å²) in [5.74, 6) is -1.94. The Kier molecular flexibility index (Phi) is 6.31. The Morgan fingerprint density at radius 2 is 2.03 bits per heavy atom. The molecule has 1 aromatic rings. The summed E-state index contributed by atoms with van der Waals surface area (Å²) in [4.78, 5) is 37.5. The van der Waals surface area contributed by atoms with Gasteiger partial charge in [-0.3, -0.25) is 9.59 Å². The second-order valence-corrected chi connectivity index (χ2v) is 9.51. The molecule has 1 aromatic carbocycles. The lowest BCUT2D eigenvalue weighted by Gasteiger charge is -2.58. The van der Waals surface area contributed by atoms with Gasteiger partial charge in [0.1, 0.15) is 5.76 Å². The molecule has 1 fully saturated rings. The van der Waals surface area contributed by atoms with Crippen LogP contribution in [0.4, 0.5) is 0 Å². The number of aryl methyl sites for hydroxylation is 1. The highest BCUT2D eigenvalue weighted by Crippen LogP contribution is 2.62. The third-order valence-electron chi connectivity index (χ3n) is 7.70. The number of carboxylic acids is 1. The fraction of sp³-hybridized carbons (Fsp3) is 0.560. The number of carbonyl (C=O) groups is 3. The summed E-state index contributed by atoms with van der Waals surface area (Å²) >= 11 is 0. The molecule has 2 N–H and O–H groups in total. The number of hydrogen-bond donors (Lipinski definition) is 2. The Bertz CT molecular complexity index is 1100. The molecule has 3 aliphatic rings. The Hall–Kier alpha value is -3.11. The predicted molar refractivity (Wildman–Crippen MR) is 122 cm³/mol. The molecule has 2 aliphatic heterocycles. The molecule has 190 valence electrons. The van der Waals surface area contributed by atoms with Crippen LogP contribution in [-0.2, 0) is 29.3 Å². The highest BCUT2D eigenvalue weighted by Gasteiger charge is 2.69. The minimum absolute atomic E-state index is 0.195. The van der Waals surface area contributed by atoms with E-state index in [-0.39, 0.29) is 18.2 Å². The monoisotopic (exact) mass is 489 g/mol. The number of esters is 2.